The van der Waals surface area contributed by atoms with Crippen molar-refractivity contribution in [2.24, 2.45) is 5.92 Å². The zero-order valence-corrected chi connectivity index (χ0v) is 12.6. The molecular weight excluding hydrogens is 256 g/mol. The Morgan fingerprint density at radius 2 is 2.32 bits per heavy atom. The summed E-state index contributed by atoms with van der Waals surface area (Å²) in [5.41, 5.74) is 1.43. The summed E-state index contributed by atoms with van der Waals surface area (Å²) in [4.78, 5) is 17.0. The summed E-state index contributed by atoms with van der Waals surface area (Å²) in [5.74, 6) is 1.00. The fraction of sp³-hybridized carbons (Fsp3) is 0.667. The Balaban J connectivity index is 1.80. The fourth-order valence-electron chi connectivity index (χ4n) is 3.10. The Kier molecular flexibility index (Phi) is 3.63. The molecule has 4 heteroatoms. The molecule has 0 spiro atoms. The Hall–Kier alpha value is -0.870. The van der Waals surface area contributed by atoms with Crippen molar-refractivity contribution in [1.82, 2.24) is 10.2 Å². The zero-order valence-electron chi connectivity index (χ0n) is 11.7. The Bertz CT molecular complexity index is 482. The molecule has 1 unspecified atom stereocenters. The van der Waals surface area contributed by atoms with E-state index in [1.165, 1.54) is 16.9 Å². The Labute approximate surface area is 119 Å². The number of carbonyl (C=O) groups is 1. The smallest absolute Gasteiger partial charge is 0.264 e. The van der Waals surface area contributed by atoms with Crippen LogP contribution in [0.3, 0.4) is 0 Å². The van der Waals surface area contributed by atoms with Crippen molar-refractivity contribution in [2.45, 2.75) is 39.2 Å². The van der Waals surface area contributed by atoms with Crippen molar-refractivity contribution in [3.8, 4) is 0 Å². The summed E-state index contributed by atoms with van der Waals surface area (Å²) < 4.78 is 0. The highest BCUT2D eigenvalue weighted by molar-refractivity contribution is 7.14. The Morgan fingerprint density at radius 3 is 3.11 bits per heavy atom. The molecule has 1 aliphatic heterocycles. The van der Waals surface area contributed by atoms with Gasteiger partial charge in [-0.3, -0.25) is 4.79 Å². The topological polar surface area (TPSA) is 32.3 Å². The number of thiophene rings is 1. The van der Waals surface area contributed by atoms with Gasteiger partial charge in [0.05, 0.1) is 4.88 Å². The van der Waals surface area contributed by atoms with Crippen LogP contribution in [0.25, 0.3) is 0 Å². The van der Waals surface area contributed by atoms with Gasteiger partial charge < -0.3 is 10.2 Å². The summed E-state index contributed by atoms with van der Waals surface area (Å²) >= 11 is 1.73. The maximum atomic E-state index is 12.6. The van der Waals surface area contributed by atoms with Gasteiger partial charge in [0.15, 0.2) is 0 Å². The largest absolute Gasteiger partial charge is 0.333 e. The minimum Gasteiger partial charge on any atom is -0.333 e. The second-order valence-corrected chi connectivity index (χ2v) is 7.10. The van der Waals surface area contributed by atoms with E-state index in [1.807, 2.05) is 4.90 Å². The first kappa shape index (κ1) is 13.1. The predicted molar refractivity (Wildman–Crippen MR) is 78.9 cm³/mol. The van der Waals surface area contributed by atoms with Crippen molar-refractivity contribution in [3.63, 3.8) is 0 Å². The van der Waals surface area contributed by atoms with Crippen molar-refractivity contribution in [3.05, 3.63) is 21.4 Å². The summed E-state index contributed by atoms with van der Waals surface area (Å²) in [7, 11) is 0. The highest BCUT2D eigenvalue weighted by atomic mass is 32.1. The third-order valence-electron chi connectivity index (χ3n) is 4.30. The first-order valence-corrected chi connectivity index (χ1v) is 8.10. The summed E-state index contributed by atoms with van der Waals surface area (Å²) in [6.45, 7) is 7.09. The molecule has 2 aliphatic rings. The molecule has 0 saturated carbocycles. The van der Waals surface area contributed by atoms with Crippen LogP contribution in [0.5, 0.6) is 0 Å². The van der Waals surface area contributed by atoms with Gasteiger partial charge in [0.25, 0.3) is 5.91 Å². The van der Waals surface area contributed by atoms with Gasteiger partial charge in [0, 0.05) is 30.6 Å². The van der Waals surface area contributed by atoms with E-state index in [9.17, 15) is 4.79 Å². The van der Waals surface area contributed by atoms with E-state index < -0.39 is 0 Å². The third-order valence-corrected chi connectivity index (χ3v) is 5.53. The second kappa shape index (κ2) is 5.25. The van der Waals surface area contributed by atoms with Gasteiger partial charge in [-0.2, -0.15) is 0 Å². The van der Waals surface area contributed by atoms with Crippen LogP contribution in [-0.4, -0.2) is 36.5 Å². The molecule has 1 N–H and O–H groups in total. The van der Waals surface area contributed by atoms with Gasteiger partial charge in [0.2, 0.25) is 0 Å². The van der Waals surface area contributed by atoms with Crippen LogP contribution in [0.1, 0.15) is 40.4 Å². The zero-order chi connectivity index (χ0) is 13.4. The van der Waals surface area contributed by atoms with Gasteiger partial charge in [-0.25, -0.2) is 0 Å². The maximum Gasteiger partial charge on any atom is 0.264 e. The van der Waals surface area contributed by atoms with Crippen LogP contribution >= 0.6 is 11.3 Å². The Morgan fingerprint density at radius 1 is 1.47 bits per heavy atom. The van der Waals surface area contributed by atoms with Crippen molar-refractivity contribution in [1.29, 1.82) is 0 Å². The van der Waals surface area contributed by atoms with E-state index in [1.54, 1.807) is 11.3 Å². The average Bonchev–Trinajstić information content (AvgIpc) is 2.81. The number of nitrogens with zero attached hydrogens (tertiary/aromatic N) is 1. The number of fused-ring (bicyclic) bond motifs is 1. The van der Waals surface area contributed by atoms with E-state index in [0.29, 0.717) is 6.04 Å². The molecule has 1 fully saturated rings. The van der Waals surface area contributed by atoms with Crippen LogP contribution in [0, 0.1) is 5.92 Å². The number of aryl methyl sites for hydroxylation is 1. The summed E-state index contributed by atoms with van der Waals surface area (Å²) in [5, 5.41) is 3.34. The van der Waals surface area contributed by atoms with Gasteiger partial charge in [-0.05, 0) is 43.7 Å². The normalized spacial score (nSPS) is 27.2. The number of carbonyl (C=O) groups excluding carboxylic acids is 1. The van der Waals surface area contributed by atoms with E-state index in [-0.39, 0.29) is 5.91 Å². The molecule has 0 radical (unpaired) electrons. The first-order chi connectivity index (χ1) is 9.15. The lowest BCUT2D eigenvalue weighted by atomic mass is 9.90. The predicted octanol–water partition coefficient (Wildman–Crippen LogP) is 2.31. The molecule has 19 heavy (non-hydrogen) atoms. The molecule has 3 rings (SSSR count). The molecule has 2 heterocycles. The van der Waals surface area contributed by atoms with Crippen molar-refractivity contribution < 1.29 is 4.79 Å². The molecule has 0 bridgehead atoms. The molecule has 1 aromatic heterocycles. The molecule has 0 aromatic carbocycles. The van der Waals surface area contributed by atoms with E-state index in [4.69, 9.17) is 0 Å². The quantitative estimate of drug-likeness (QED) is 0.855. The molecule has 1 amide bonds. The van der Waals surface area contributed by atoms with Gasteiger partial charge in [0.1, 0.15) is 0 Å². The van der Waals surface area contributed by atoms with Crippen molar-refractivity contribution in [2.75, 3.05) is 19.6 Å². The molecular formula is C15H22N2OS. The number of hydrogen-bond donors (Lipinski definition) is 1. The maximum absolute atomic E-state index is 12.6. The number of nitrogens with one attached hydrogen (secondary N) is 1. The van der Waals surface area contributed by atoms with Crippen LogP contribution < -0.4 is 5.32 Å². The molecule has 1 aromatic rings. The molecule has 1 aliphatic carbocycles. The summed E-state index contributed by atoms with van der Waals surface area (Å²) in [6.07, 6.45) is 3.58. The summed E-state index contributed by atoms with van der Waals surface area (Å²) in [6, 6.07) is 2.46. The number of piperazine rings is 1. The first-order valence-electron chi connectivity index (χ1n) is 7.28. The van der Waals surface area contributed by atoms with Crippen LogP contribution in [0.15, 0.2) is 6.07 Å². The minimum absolute atomic E-state index is 0.237. The van der Waals surface area contributed by atoms with E-state index in [0.717, 1.165) is 43.3 Å². The number of amides is 1. The standard InChI is InChI=1S/C15H22N2OS/c1-10-3-4-13-12(7-10)8-14(19-13)15(18)17-6-5-16-9-11(17)2/h8,10-11,16H,3-7,9H2,1-2H3/t10?,11-/m1/s1. The van der Waals surface area contributed by atoms with Gasteiger partial charge >= 0.3 is 0 Å². The van der Waals surface area contributed by atoms with E-state index >= 15 is 0 Å². The van der Waals surface area contributed by atoms with Gasteiger partial charge in [-0.1, -0.05) is 6.92 Å². The monoisotopic (exact) mass is 278 g/mol. The molecule has 1 saturated heterocycles. The SMILES string of the molecule is CC1CCc2sc(C(=O)N3CCNC[C@H]3C)cc2C1. The molecule has 2 atom stereocenters. The number of rotatable bonds is 1. The van der Waals surface area contributed by atoms with E-state index in [2.05, 4.69) is 25.2 Å². The third kappa shape index (κ3) is 2.56. The lowest BCUT2D eigenvalue weighted by Gasteiger charge is -2.33. The van der Waals surface area contributed by atoms with Crippen LogP contribution in [-0.2, 0) is 12.8 Å². The molecule has 104 valence electrons. The van der Waals surface area contributed by atoms with Crippen LogP contribution in [0.4, 0.5) is 0 Å². The minimum atomic E-state index is 0.237. The van der Waals surface area contributed by atoms with Gasteiger partial charge in [-0.15, -0.1) is 11.3 Å². The highest BCUT2D eigenvalue weighted by Gasteiger charge is 2.27. The number of hydrogen-bond acceptors (Lipinski definition) is 3. The highest BCUT2D eigenvalue weighted by Crippen LogP contribution is 2.33. The molecule has 3 nitrogen and oxygen atoms in total. The van der Waals surface area contributed by atoms with Crippen LogP contribution in [0.2, 0.25) is 0 Å². The lowest BCUT2D eigenvalue weighted by molar-refractivity contribution is 0.0660. The van der Waals surface area contributed by atoms with Crippen molar-refractivity contribution >= 4 is 17.2 Å². The average molecular weight is 278 g/mol. The lowest BCUT2D eigenvalue weighted by Crippen LogP contribution is -2.52. The second-order valence-electron chi connectivity index (χ2n) is 5.96. The fourth-order valence-corrected chi connectivity index (χ4v) is 4.26.